The van der Waals surface area contributed by atoms with E-state index in [4.69, 9.17) is 0 Å². The zero-order valence-electron chi connectivity index (χ0n) is 16.7. The number of aryl methyl sites for hydroxylation is 2. The predicted octanol–water partition coefficient (Wildman–Crippen LogP) is 4.48. The lowest BCUT2D eigenvalue weighted by Gasteiger charge is -2.23. The molecule has 1 amide bonds. The molecule has 2 aromatic rings. The zero-order chi connectivity index (χ0) is 20.3. The molecule has 0 heterocycles. The Labute approximate surface area is 167 Å². The van der Waals surface area contributed by atoms with Crippen molar-refractivity contribution >= 4 is 21.6 Å². The Hall–Kier alpha value is -2.34. The van der Waals surface area contributed by atoms with E-state index < -0.39 is 10.0 Å². The maximum Gasteiger partial charge on any atom is 0.261 e. The van der Waals surface area contributed by atoms with Crippen molar-refractivity contribution in [1.29, 1.82) is 0 Å². The molecule has 0 saturated heterocycles. The van der Waals surface area contributed by atoms with Gasteiger partial charge in [-0.05, 0) is 68.5 Å². The van der Waals surface area contributed by atoms with Gasteiger partial charge in [-0.15, -0.1) is 0 Å². The molecular formula is C22H28N2O3S. The molecule has 2 N–H and O–H groups in total. The van der Waals surface area contributed by atoms with Crippen molar-refractivity contribution in [1.82, 2.24) is 5.32 Å². The van der Waals surface area contributed by atoms with Crippen molar-refractivity contribution in [2.45, 2.75) is 63.8 Å². The second kappa shape index (κ2) is 8.35. The number of nitrogens with one attached hydrogen (secondary N) is 2. The van der Waals surface area contributed by atoms with Crippen molar-refractivity contribution in [2.24, 2.45) is 0 Å². The molecule has 3 rings (SSSR count). The molecule has 0 aromatic heterocycles. The quantitative estimate of drug-likeness (QED) is 0.777. The minimum absolute atomic E-state index is 0.0906. The van der Waals surface area contributed by atoms with Crippen molar-refractivity contribution in [2.75, 3.05) is 4.72 Å². The summed E-state index contributed by atoms with van der Waals surface area (Å²) < 4.78 is 28.4. The number of carbonyl (C=O) groups is 1. The van der Waals surface area contributed by atoms with Crippen LogP contribution in [0.15, 0.2) is 41.3 Å². The van der Waals surface area contributed by atoms with Crippen molar-refractivity contribution in [3.63, 3.8) is 0 Å². The number of hydrogen-bond donors (Lipinski definition) is 2. The summed E-state index contributed by atoms with van der Waals surface area (Å²) in [7, 11) is -3.79. The monoisotopic (exact) mass is 400 g/mol. The third-order valence-corrected chi connectivity index (χ3v) is 6.92. The maximum atomic E-state index is 12.9. The average molecular weight is 401 g/mol. The number of amides is 1. The fraction of sp³-hybridized carbons (Fsp3) is 0.409. The Morgan fingerprint density at radius 1 is 0.964 bits per heavy atom. The molecule has 1 saturated carbocycles. The van der Waals surface area contributed by atoms with E-state index in [0.717, 1.165) is 42.4 Å². The molecule has 28 heavy (non-hydrogen) atoms. The van der Waals surface area contributed by atoms with Crippen molar-refractivity contribution in [3.8, 4) is 0 Å². The third-order valence-electron chi connectivity index (χ3n) is 5.55. The summed E-state index contributed by atoms with van der Waals surface area (Å²) in [4.78, 5) is 12.8. The first-order chi connectivity index (χ1) is 13.3. The first-order valence-corrected chi connectivity index (χ1v) is 11.3. The Morgan fingerprint density at radius 3 is 2.39 bits per heavy atom. The normalized spacial score (nSPS) is 15.2. The largest absolute Gasteiger partial charge is 0.349 e. The lowest BCUT2D eigenvalue weighted by Crippen LogP contribution is -2.36. The zero-order valence-corrected chi connectivity index (χ0v) is 17.5. The van der Waals surface area contributed by atoms with Gasteiger partial charge in [0, 0.05) is 11.6 Å². The maximum absolute atomic E-state index is 12.9. The Balaban J connectivity index is 1.85. The number of carbonyl (C=O) groups excluding carboxylic acids is 1. The molecule has 6 heteroatoms. The van der Waals surface area contributed by atoms with Gasteiger partial charge in [0.25, 0.3) is 15.9 Å². The van der Waals surface area contributed by atoms with Gasteiger partial charge in [0.2, 0.25) is 0 Å². The minimum atomic E-state index is -3.79. The van der Waals surface area contributed by atoms with Crippen LogP contribution in [-0.4, -0.2) is 20.4 Å². The van der Waals surface area contributed by atoms with Gasteiger partial charge < -0.3 is 5.32 Å². The van der Waals surface area contributed by atoms with E-state index in [1.54, 1.807) is 18.2 Å². The van der Waals surface area contributed by atoms with Gasteiger partial charge in [0.1, 0.15) is 0 Å². The van der Waals surface area contributed by atoms with Gasteiger partial charge in [-0.2, -0.15) is 0 Å². The number of sulfonamides is 1. The van der Waals surface area contributed by atoms with Gasteiger partial charge >= 0.3 is 0 Å². The first-order valence-electron chi connectivity index (χ1n) is 9.78. The topological polar surface area (TPSA) is 75.3 Å². The Kier molecular flexibility index (Phi) is 6.08. The summed E-state index contributed by atoms with van der Waals surface area (Å²) in [5, 5.41) is 3.07. The summed E-state index contributed by atoms with van der Waals surface area (Å²) >= 11 is 0. The number of anilines is 1. The third kappa shape index (κ3) is 4.55. The highest BCUT2D eigenvalue weighted by Gasteiger charge is 2.21. The Morgan fingerprint density at radius 2 is 1.68 bits per heavy atom. The molecule has 1 fully saturated rings. The van der Waals surface area contributed by atoms with E-state index in [1.165, 1.54) is 12.5 Å². The number of rotatable bonds is 5. The van der Waals surface area contributed by atoms with Crippen LogP contribution in [0.5, 0.6) is 0 Å². The molecule has 0 bridgehead atoms. The number of benzene rings is 2. The molecule has 0 spiro atoms. The first kappa shape index (κ1) is 20.4. The van der Waals surface area contributed by atoms with E-state index in [9.17, 15) is 13.2 Å². The second-order valence-electron chi connectivity index (χ2n) is 7.64. The highest BCUT2D eigenvalue weighted by atomic mass is 32.2. The van der Waals surface area contributed by atoms with Crippen LogP contribution in [-0.2, 0) is 10.0 Å². The molecule has 1 aliphatic rings. The highest BCUT2D eigenvalue weighted by Crippen LogP contribution is 2.24. The summed E-state index contributed by atoms with van der Waals surface area (Å²) in [6.07, 6.45) is 5.42. The van der Waals surface area contributed by atoms with E-state index in [1.807, 2.05) is 32.9 Å². The van der Waals surface area contributed by atoms with Crippen molar-refractivity contribution in [3.05, 3.63) is 58.7 Å². The molecule has 0 atom stereocenters. The molecule has 0 aliphatic heterocycles. The molecular weight excluding hydrogens is 372 g/mol. The summed E-state index contributed by atoms with van der Waals surface area (Å²) in [6, 6.07) is 10.4. The van der Waals surface area contributed by atoms with Gasteiger partial charge in [-0.25, -0.2) is 8.42 Å². The van der Waals surface area contributed by atoms with Crippen LogP contribution in [0.2, 0.25) is 0 Å². The van der Waals surface area contributed by atoms with Gasteiger partial charge in [0.05, 0.1) is 10.6 Å². The van der Waals surface area contributed by atoms with E-state index in [0.29, 0.717) is 11.3 Å². The average Bonchev–Trinajstić information content (AvgIpc) is 2.66. The fourth-order valence-corrected chi connectivity index (χ4v) is 4.74. The fourth-order valence-electron chi connectivity index (χ4n) is 3.59. The van der Waals surface area contributed by atoms with E-state index >= 15 is 0 Å². The molecule has 1 aliphatic carbocycles. The van der Waals surface area contributed by atoms with Crippen LogP contribution in [0.1, 0.15) is 59.2 Å². The molecule has 2 aromatic carbocycles. The smallest absolute Gasteiger partial charge is 0.261 e. The summed E-state index contributed by atoms with van der Waals surface area (Å²) in [5.74, 6) is -0.201. The van der Waals surface area contributed by atoms with Crippen LogP contribution in [0, 0.1) is 20.8 Å². The second-order valence-corrected chi connectivity index (χ2v) is 9.32. The summed E-state index contributed by atoms with van der Waals surface area (Å²) in [5.41, 5.74) is 3.62. The van der Waals surface area contributed by atoms with Gasteiger partial charge in [0.15, 0.2) is 0 Å². The van der Waals surface area contributed by atoms with Crippen LogP contribution in [0.3, 0.4) is 0 Å². The van der Waals surface area contributed by atoms with Crippen molar-refractivity contribution < 1.29 is 13.2 Å². The Bertz CT molecular complexity index is 977. The number of hydrogen-bond acceptors (Lipinski definition) is 3. The van der Waals surface area contributed by atoms with Gasteiger partial charge in [-0.1, -0.05) is 37.5 Å². The highest BCUT2D eigenvalue weighted by molar-refractivity contribution is 7.92. The summed E-state index contributed by atoms with van der Waals surface area (Å²) in [6.45, 7) is 5.64. The standard InChI is InChI=1S/C22H28N2O3S/c1-15-8-7-11-21(17(15)3)24-28(26,27)19-13-12-16(2)20(14-19)22(25)23-18-9-5-4-6-10-18/h7-8,11-14,18,24H,4-6,9-10H2,1-3H3,(H,23,25). The predicted molar refractivity (Wildman–Crippen MR) is 112 cm³/mol. The van der Waals surface area contributed by atoms with E-state index in [-0.39, 0.29) is 16.8 Å². The van der Waals surface area contributed by atoms with Crippen LogP contribution < -0.4 is 10.0 Å². The van der Waals surface area contributed by atoms with Crippen LogP contribution in [0.4, 0.5) is 5.69 Å². The lowest BCUT2D eigenvalue weighted by molar-refractivity contribution is 0.0927. The van der Waals surface area contributed by atoms with Gasteiger partial charge in [-0.3, -0.25) is 9.52 Å². The molecule has 150 valence electrons. The molecule has 0 radical (unpaired) electrons. The van der Waals surface area contributed by atoms with Crippen LogP contribution in [0.25, 0.3) is 0 Å². The minimum Gasteiger partial charge on any atom is -0.349 e. The lowest BCUT2D eigenvalue weighted by atomic mass is 9.95. The van der Waals surface area contributed by atoms with E-state index in [2.05, 4.69) is 10.0 Å². The van der Waals surface area contributed by atoms with Crippen LogP contribution >= 0.6 is 0 Å². The molecule has 0 unspecified atom stereocenters. The SMILES string of the molecule is Cc1ccc(S(=O)(=O)Nc2cccc(C)c2C)cc1C(=O)NC1CCCCC1. The molecule has 5 nitrogen and oxygen atoms in total.